The molecule has 0 saturated carbocycles. The van der Waals surface area contributed by atoms with E-state index in [1.807, 2.05) is 30.3 Å². The van der Waals surface area contributed by atoms with Crippen molar-refractivity contribution in [2.45, 2.75) is 12.2 Å². The summed E-state index contributed by atoms with van der Waals surface area (Å²) in [5.41, 5.74) is 1.00. The Hall–Kier alpha value is -1.59. The van der Waals surface area contributed by atoms with Crippen molar-refractivity contribution in [2.75, 3.05) is 20.5 Å². The first-order chi connectivity index (χ1) is 8.31. The SMILES string of the molecule is COC(=O)OCC1OCOC1c1ccccc1. The standard InChI is InChI=1S/C12H14O5/c1-14-12(13)15-7-10-11(17-8-16-10)9-5-3-2-4-6-9/h2-6,10-11H,7-8H2,1H3. The topological polar surface area (TPSA) is 54.0 Å². The van der Waals surface area contributed by atoms with Gasteiger partial charge < -0.3 is 18.9 Å². The maximum Gasteiger partial charge on any atom is 0.508 e. The van der Waals surface area contributed by atoms with E-state index in [4.69, 9.17) is 14.2 Å². The number of methoxy groups -OCH3 is 1. The van der Waals surface area contributed by atoms with Crippen LogP contribution in [0.5, 0.6) is 0 Å². The van der Waals surface area contributed by atoms with Crippen molar-refractivity contribution in [3.8, 4) is 0 Å². The molecule has 2 atom stereocenters. The Morgan fingerprint density at radius 1 is 1.35 bits per heavy atom. The predicted octanol–water partition coefficient (Wildman–Crippen LogP) is 1.88. The van der Waals surface area contributed by atoms with Gasteiger partial charge in [0.2, 0.25) is 0 Å². The molecule has 1 aliphatic rings. The molecule has 2 rings (SSSR count). The van der Waals surface area contributed by atoms with Crippen LogP contribution in [0, 0.1) is 0 Å². The van der Waals surface area contributed by atoms with Gasteiger partial charge in [-0.25, -0.2) is 4.79 Å². The minimum absolute atomic E-state index is 0.117. The van der Waals surface area contributed by atoms with Crippen LogP contribution in [0.4, 0.5) is 4.79 Å². The number of benzene rings is 1. The zero-order valence-corrected chi connectivity index (χ0v) is 9.50. The second kappa shape index (κ2) is 5.65. The fourth-order valence-corrected chi connectivity index (χ4v) is 1.69. The lowest BCUT2D eigenvalue weighted by Crippen LogP contribution is -2.23. The molecule has 0 radical (unpaired) electrons. The van der Waals surface area contributed by atoms with E-state index in [-0.39, 0.29) is 25.6 Å². The molecule has 0 spiro atoms. The first kappa shape index (κ1) is 11.9. The third-order valence-electron chi connectivity index (χ3n) is 2.53. The van der Waals surface area contributed by atoms with Crippen LogP contribution in [-0.4, -0.2) is 32.8 Å². The van der Waals surface area contributed by atoms with E-state index in [0.29, 0.717) is 0 Å². The third-order valence-corrected chi connectivity index (χ3v) is 2.53. The Morgan fingerprint density at radius 3 is 2.82 bits per heavy atom. The summed E-state index contributed by atoms with van der Waals surface area (Å²) in [6, 6.07) is 9.68. The summed E-state index contributed by atoms with van der Waals surface area (Å²) >= 11 is 0. The lowest BCUT2D eigenvalue weighted by molar-refractivity contribution is 0.00613. The molecule has 1 aliphatic heterocycles. The minimum atomic E-state index is -0.715. The average Bonchev–Trinajstić information content (AvgIpc) is 2.85. The van der Waals surface area contributed by atoms with Crippen molar-refractivity contribution in [2.24, 2.45) is 0 Å². The summed E-state index contributed by atoms with van der Waals surface area (Å²) < 4.78 is 20.1. The van der Waals surface area contributed by atoms with Crippen LogP contribution in [0.1, 0.15) is 11.7 Å². The summed E-state index contributed by atoms with van der Waals surface area (Å²) in [4.78, 5) is 10.9. The van der Waals surface area contributed by atoms with Crippen molar-refractivity contribution in [3.05, 3.63) is 35.9 Å². The quantitative estimate of drug-likeness (QED) is 0.752. The largest absolute Gasteiger partial charge is 0.508 e. The monoisotopic (exact) mass is 238 g/mol. The molecule has 17 heavy (non-hydrogen) atoms. The molecule has 5 heteroatoms. The molecule has 0 amide bonds. The molecule has 92 valence electrons. The molecular formula is C12H14O5. The van der Waals surface area contributed by atoms with Gasteiger partial charge in [0.05, 0.1) is 7.11 Å². The molecule has 0 N–H and O–H groups in total. The molecule has 2 unspecified atom stereocenters. The van der Waals surface area contributed by atoms with Crippen molar-refractivity contribution < 1.29 is 23.7 Å². The summed E-state index contributed by atoms with van der Waals surface area (Å²) in [6.07, 6.45) is -1.22. The smallest absolute Gasteiger partial charge is 0.438 e. The summed E-state index contributed by atoms with van der Waals surface area (Å²) in [6.45, 7) is 0.320. The molecule has 1 aromatic rings. The van der Waals surface area contributed by atoms with E-state index in [1.165, 1.54) is 7.11 Å². The minimum Gasteiger partial charge on any atom is -0.438 e. The van der Waals surface area contributed by atoms with Crippen molar-refractivity contribution in [1.82, 2.24) is 0 Å². The second-order valence-corrected chi connectivity index (χ2v) is 3.59. The van der Waals surface area contributed by atoms with Gasteiger partial charge in [-0.1, -0.05) is 30.3 Å². The highest BCUT2D eigenvalue weighted by Gasteiger charge is 2.31. The van der Waals surface area contributed by atoms with Crippen LogP contribution in [0.3, 0.4) is 0 Å². The number of hydrogen-bond donors (Lipinski definition) is 0. The van der Waals surface area contributed by atoms with Crippen molar-refractivity contribution in [1.29, 1.82) is 0 Å². The number of carbonyl (C=O) groups excluding carboxylic acids is 1. The normalized spacial score (nSPS) is 23.4. The second-order valence-electron chi connectivity index (χ2n) is 3.59. The van der Waals surface area contributed by atoms with E-state index < -0.39 is 6.16 Å². The van der Waals surface area contributed by atoms with E-state index in [1.54, 1.807) is 0 Å². The fourth-order valence-electron chi connectivity index (χ4n) is 1.69. The predicted molar refractivity (Wildman–Crippen MR) is 58.4 cm³/mol. The van der Waals surface area contributed by atoms with Gasteiger partial charge in [-0.2, -0.15) is 0 Å². The number of rotatable bonds is 3. The van der Waals surface area contributed by atoms with Gasteiger partial charge in [0, 0.05) is 0 Å². The number of carbonyl (C=O) groups is 1. The Bertz CT molecular complexity index is 364. The third kappa shape index (κ3) is 2.95. The number of ether oxygens (including phenoxy) is 4. The zero-order chi connectivity index (χ0) is 12.1. The van der Waals surface area contributed by atoms with Crippen molar-refractivity contribution >= 4 is 6.16 Å². The molecule has 1 aromatic carbocycles. The average molecular weight is 238 g/mol. The highest BCUT2D eigenvalue weighted by atomic mass is 16.7. The molecule has 1 saturated heterocycles. The lowest BCUT2D eigenvalue weighted by atomic mass is 10.1. The zero-order valence-electron chi connectivity index (χ0n) is 9.50. The molecule has 1 heterocycles. The Balaban J connectivity index is 1.96. The maximum absolute atomic E-state index is 10.9. The van der Waals surface area contributed by atoms with Gasteiger partial charge in [0.1, 0.15) is 25.6 Å². The van der Waals surface area contributed by atoms with E-state index in [2.05, 4.69) is 4.74 Å². The number of hydrogen-bond acceptors (Lipinski definition) is 5. The van der Waals surface area contributed by atoms with E-state index in [0.717, 1.165) is 5.56 Å². The van der Waals surface area contributed by atoms with Gasteiger partial charge in [-0.05, 0) is 5.56 Å². The van der Waals surface area contributed by atoms with Gasteiger partial charge >= 0.3 is 6.16 Å². The van der Waals surface area contributed by atoms with Crippen LogP contribution in [0.2, 0.25) is 0 Å². The molecule has 5 nitrogen and oxygen atoms in total. The van der Waals surface area contributed by atoms with Gasteiger partial charge in [0.25, 0.3) is 0 Å². The summed E-state index contributed by atoms with van der Waals surface area (Å²) in [7, 11) is 1.27. The lowest BCUT2D eigenvalue weighted by Gasteiger charge is -2.16. The van der Waals surface area contributed by atoms with Gasteiger partial charge in [-0.15, -0.1) is 0 Å². The van der Waals surface area contributed by atoms with Gasteiger partial charge in [-0.3, -0.25) is 0 Å². The summed E-state index contributed by atoms with van der Waals surface area (Å²) in [5.74, 6) is 0. The molecule has 0 aromatic heterocycles. The summed E-state index contributed by atoms with van der Waals surface area (Å²) in [5, 5.41) is 0. The first-order valence-electron chi connectivity index (χ1n) is 5.30. The Kier molecular flexibility index (Phi) is 3.95. The van der Waals surface area contributed by atoms with Crippen LogP contribution in [0.25, 0.3) is 0 Å². The van der Waals surface area contributed by atoms with E-state index >= 15 is 0 Å². The molecule has 1 fully saturated rings. The molecule has 0 bridgehead atoms. The Morgan fingerprint density at radius 2 is 2.12 bits per heavy atom. The first-order valence-corrected chi connectivity index (χ1v) is 5.30. The Labute approximate surface area is 99.2 Å². The van der Waals surface area contributed by atoms with Crippen LogP contribution in [-0.2, 0) is 18.9 Å². The highest BCUT2D eigenvalue weighted by Crippen LogP contribution is 2.28. The molecule has 0 aliphatic carbocycles. The fraction of sp³-hybridized carbons (Fsp3) is 0.417. The van der Waals surface area contributed by atoms with E-state index in [9.17, 15) is 4.79 Å². The van der Waals surface area contributed by atoms with Gasteiger partial charge in [0.15, 0.2) is 0 Å². The highest BCUT2D eigenvalue weighted by molar-refractivity contribution is 5.59. The maximum atomic E-state index is 10.9. The molecular weight excluding hydrogens is 224 g/mol. The van der Waals surface area contributed by atoms with Crippen LogP contribution >= 0.6 is 0 Å². The van der Waals surface area contributed by atoms with Crippen LogP contribution in [0.15, 0.2) is 30.3 Å². The van der Waals surface area contributed by atoms with Crippen LogP contribution < -0.4 is 0 Å². The van der Waals surface area contributed by atoms with Crippen molar-refractivity contribution in [3.63, 3.8) is 0 Å².